The Labute approximate surface area is 131 Å². The van der Waals surface area contributed by atoms with Crippen molar-refractivity contribution < 1.29 is 19.1 Å². The maximum atomic E-state index is 12.3. The second-order valence-electron chi connectivity index (χ2n) is 4.95. The Kier molecular flexibility index (Phi) is 7.92. The van der Waals surface area contributed by atoms with Crippen LogP contribution in [-0.4, -0.2) is 50.7 Å². The molecule has 1 amide bonds. The molecule has 0 aromatic heterocycles. The molecule has 5 heteroatoms. The van der Waals surface area contributed by atoms with Gasteiger partial charge in [0.05, 0.1) is 19.6 Å². The molecule has 120 valence electrons. The Morgan fingerprint density at radius 2 is 1.91 bits per heavy atom. The summed E-state index contributed by atoms with van der Waals surface area (Å²) in [5, 5.41) is 0. The number of nitrogens with zero attached hydrogens (tertiary/aromatic N) is 1. The van der Waals surface area contributed by atoms with Gasteiger partial charge in [-0.3, -0.25) is 9.59 Å². The first-order valence-electron chi connectivity index (χ1n) is 7.17. The number of hydrogen-bond acceptors (Lipinski definition) is 4. The quantitative estimate of drug-likeness (QED) is 0.544. The molecule has 0 bridgehead atoms. The van der Waals surface area contributed by atoms with Crippen LogP contribution in [-0.2, 0) is 19.1 Å². The molecule has 1 aromatic rings. The van der Waals surface area contributed by atoms with E-state index in [1.165, 1.54) is 13.2 Å². The number of methoxy groups -OCH3 is 2. The first-order chi connectivity index (χ1) is 10.6. The van der Waals surface area contributed by atoms with E-state index in [9.17, 15) is 9.59 Å². The number of amides is 1. The van der Waals surface area contributed by atoms with Gasteiger partial charge in [-0.25, -0.2) is 0 Å². The highest BCUT2D eigenvalue weighted by Gasteiger charge is 2.20. The second-order valence-corrected chi connectivity index (χ2v) is 4.95. The lowest BCUT2D eigenvalue weighted by Gasteiger charge is -2.23. The van der Waals surface area contributed by atoms with E-state index in [2.05, 4.69) is 0 Å². The molecule has 1 unspecified atom stereocenters. The fourth-order valence-electron chi connectivity index (χ4n) is 1.94. The van der Waals surface area contributed by atoms with Gasteiger partial charge in [-0.05, 0) is 11.6 Å². The summed E-state index contributed by atoms with van der Waals surface area (Å²) >= 11 is 0. The summed E-state index contributed by atoms with van der Waals surface area (Å²) in [5.74, 6) is -0.866. The van der Waals surface area contributed by atoms with Gasteiger partial charge in [-0.1, -0.05) is 37.3 Å². The fraction of sp³-hybridized carbons (Fsp3) is 0.412. The van der Waals surface area contributed by atoms with Crippen LogP contribution in [0.3, 0.4) is 0 Å². The van der Waals surface area contributed by atoms with Crippen LogP contribution in [0.2, 0.25) is 0 Å². The summed E-state index contributed by atoms with van der Waals surface area (Å²) < 4.78 is 9.72. The van der Waals surface area contributed by atoms with E-state index >= 15 is 0 Å². The van der Waals surface area contributed by atoms with Crippen molar-refractivity contribution in [1.82, 2.24) is 4.90 Å². The van der Waals surface area contributed by atoms with Crippen LogP contribution in [0.4, 0.5) is 0 Å². The summed E-state index contributed by atoms with van der Waals surface area (Å²) in [4.78, 5) is 25.4. The topological polar surface area (TPSA) is 55.8 Å². The Hall–Kier alpha value is -2.14. The van der Waals surface area contributed by atoms with E-state index in [1.54, 1.807) is 25.0 Å². The zero-order valence-corrected chi connectivity index (χ0v) is 13.3. The number of hydrogen-bond donors (Lipinski definition) is 0. The molecule has 5 nitrogen and oxygen atoms in total. The molecule has 1 atom stereocenters. The smallest absolute Gasteiger partial charge is 0.310 e. The Morgan fingerprint density at radius 3 is 2.50 bits per heavy atom. The SMILES string of the molecule is COCCN(CC(C)C(=O)OC)C(=O)/C=C/c1ccccc1. The molecule has 22 heavy (non-hydrogen) atoms. The molecule has 0 aliphatic carbocycles. The first kappa shape index (κ1) is 17.9. The van der Waals surface area contributed by atoms with E-state index in [4.69, 9.17) is 9.47 Å². The highest BCUT2D eigenvalue weighted by Crippen LogP contribution is 2.06. The average Bonchev–Trinajstić information content (AvgIpc) is 2.56. The Bertz CT molecular complexity index is 499. The molecule has 0 spiro atoms. The molecule has 0 heterocycles. The van der Waals surface area contributed by atoms with Crippen LogP contribution in [0, 0.1) is 5.92 Å². The van der Waals surface area contributed by atoms with Crippen molar-refractivity contribution in [3.8, 4) is 0 Å². The highest BCUT2D eigenvalue weighted by atomic mass is 16.5. The zero-order valence-electron chi connectivity index (χ0n) is 13.3. The van der Waals surface area contributed by atoms with Crippen LogP contribution in [0.5, 0.6) is 0 Å². The summed E-state index contributed by atoms with van der Waals surface area (Å²) in [7, 11) is 2.92. The summed E-state index contributed by atoms with van der Waals surface area (Å²) in [6, 6.07) is 9.57. The van der Waals surface area contributed by atoms with Crippen LogP contribution in [0.25, 0.3) is 6.08 Å². The van der Waals surface area contributed by atoms with Gasteiger partial charge in [0.1, 0.15) is 0 Å². The minimum atomic E-state index is -0.379. The predicted octanol–water partition coefficient (Wildman–Crippen LogP) is 1.98. The molecule has 0 N–H and O–H groups in total. The number of carbonyl (C=O) groups is 2. The molecular weight excluding hydrogens is 282 g/mol. The van der Waals surface area contributed by atoms with Crippen LogP contribution < -0.4 is 0 Å². The van der Waals surface area contributed by atoms with Crippen molar-refractivity contribution in [2.75, 3.05) is 33.9 Å². The lowest BCUT2D eigenvalue weighted by molar-refractivity contribution is -0.146. The zero-order chi connectivity index (χ0) is 16.4. The molecule has 0 saturated heterocycles. The van der Waals surface area contributed by atoms with Crippen molar-refractivity contribution >= 4 is 18.0 Å². The van der Waals surface area contributed by atoms with Gasteiger partial charge in [0.2, 0.25) is 5.91 Å². The second kappa shape index (κ2) is 9.73. The summed E-state index contributed by atoms with van der Waals surface area (Å²) in [6.07, 6.45) is 3.26. The maximum absolute atomic E-state index is 12.3. The van der Waals surface area contributed by atoms with Crippen molar-refractivity contribution in [1.29, 1.82) is 0 Å². The van der Waals surface area contributed by atoms with E-state index in [0.29, 0.717) is 19.7 Å². The number of esters is 1. The third kappa shape index (κ3) is 6.10. The van der Waals surface area contributed by atoms with Gasteiger partial charge in [0, 0.05) is 26.3 Å². The highest BCUT2D eigenvalue weighted by molar-refractivity contribution is 5.92. The predicted molar refractivity (Wildman–Crippen MR) is 85.1 cm³/mol. The van der Waals surface area contributed by atoms with Gasteiger partial charge in [0.25, 0.3) is 0 Å². The van der Waals surface area contributed by atoms with Gasteiger partial charge in [0.15, 0.2) is 0 Å². The fourth-order valence-corrected chi connectivity index (χ4v) is 1.94. The standard InChI is InChI=1S/C17H23NO4/c1-14(17(20)22-3)13-18(11-12-21-2)16(19)10-9-15-7-5-4-6-8-15/h4-10,14H,11-13H2,1-3H3/b10-9+. The Balaban J connectivity index is 2.71. The summed E-state index contributed by atoms with van der Waals surface area (Å²) in [6.45, 7) is 2.88. The maximum Gasteiger partial charge on any atom is 0.310 e. The van der Waals surface area contributed by atoms with E-state index in [1.807, 2.05) is 30.3 Å². The largest absolute Gasteiger partial charge is 0.469 e. The lowest BCUT2D eigenvalue weighted by atomic mass is 10.1. The minimum absolute atomic E-state index is 0.156. The van der Waals surface area contributed by atoms with Crippen LogP contribution >= 0.6 is 0 Å². The molecule has 1 aromatic carbocycles. The normalized spacial score (nSPS) is 12.1. The van der Waals surface area contributed by atoms with Crippen LogP contribution in [0.15, 0.2) is 36.4 Å². The number of benzene rings is 1. The average molecular weight is 305 g/mol. The molecular formula is C17H23NO4. The van der Waals surface area contributed by atoms with Crippen molar-refractivity contribution in [2.45, 2.75) is 6.92 Å². The van der Waals surface area contributed by atoms with Gasteiger partial charge in [-0.15, -0.1) is 0 Å². The Morgan fingerprint density at radius 1 is 1.23 bits per heavy atom. The third-order valence-electron chi connectivity index (χ3n) is 3.19. The molecule has 0 aliphatic rings. The first-order valence-corrected chi connectivity index (χ1v) is 7.17. The monoisotopic (exact) mass is 305 g/mol. The molecule has 0 aliphatic heterocycles. The molecule has 0 saturated carbocycles. The van der Waals surface area contributed by atoms with Crippen molar-refractivity contribution in [3.63, 3.8) is 0 Å². The van der Waals surface area contributed by atoms with Gasteiger partial charge >= 0.3 is 5.97 Å². The van der Waals surface area contributed by atoms with E-state index < -0.39 is 0 Å². The number of ether oxygens (including phenoxy) is 2. The summed E-state index contributed by atoms with van der Waals surface area (Å²) in [5.41, 5.74) is 0.948. The van der Waals surface area contributed by atoms with E-state index in [0.717, 1.165) is 5.56 Å². The van der Waals surface area contributed by atoms with Crippen LogP contribution in [0.1, 0.15) is 12.5 Å². The number of carbonyl (C=O) groups excluding carboxylic acids is 2. The van der Waals surface area contributed by atoms with Crippen molar-refractivity contribution in [2.24, 2.45) is 5.92 Å². The molecule has 0 radical (unpaired) electrons. The van der Waals surface area contributed by atoms with Crippen molar-refractivity contribution in [3.05, 3.63) is 42.0 Å². The van der Waals surface area contributed by atoms with E-state index in [-0.39, 0.29) is 17.8 Å². The minimum Gasteiger partial charge on any atom is -0.469 e. The van der Waals surface area contributed by atoms with Gasteiger partial charge in [-0.2, -0.15) is 0 Å². The number of rotatable bonds is 8. The lowest BCUT2D eigenvalue weighted by Crippen LogP contribution is -2.38. The van der Waals surface area contributed by atoms with Gasteiger partial charge < -0.3 is 14.4 Å². The third-order valence-corrected chi connectivity index (χ3v) is 3.19. The molecule has 1 rings (SSSR count). The molecule has 0 fully saturated rings.